The van der Waals surface area contributed by atoms with Gasteiger partial charge in [-0.05, 0) is 44.4 Å². The van der Waals surface area contributed by atoms with Crippen molar-refractivity contribution in [2.75, 3.05) is 19.7 Å². The molecule has 3 unspecified atom stereocenters. The summed E-state index contributed by atoms with van der Waals surface area (Å²) in [6, 6.07) is 0.564. The van der Waals surface area contributed by atoms with Gasteiger partial charge in [-0.15, -0.1) is 0 Å². The number of nitrogens with zero attached hydrogens (tertiary/aromatic N) is 1. The van der Waals surface area contributed by atoms with Crippen molar-refractivity contribution < 1.29 is 5.11 Å². The fourth-order valence-corrected chi connectivity index (χ4v) is 3.22. The molecule has 4 heteroatoms. The van der Waals surface area contributed by atoms with Crippen molar-refractivity contribution >= 4 is 5.96 Å². The van der Waals surface area contributed by atoms with Crippen LogP contribution in [-0.2, 0) is 0 Å². The van der Waals surface area contributed by atoms with Crippen molar-refractivity contribution in [3.05, 3.63) is 0 Å². The van der Waals surface area contributed by atoms with Crippen LogP contribution >= 0.6 is 0 Å². The molecule has 0 aromatic heterocycles. The van der Waals surface area contributed by atoms with Crippen LogP contribution in [0.5, 0.6) is 0 Å². The van der Waals surface area contributed by atoms with Crippen molar-refractivity contribution in [1.29, 1.82) is 0 Å². The van der Waals surface area contributed by atoms with Gasteiger partial charge in [-0.1, -0.05) is 33.1 Å². The van der Waals surface area contributed by atoms with Gasteiger partial charge in [0.15, 0.2) is 5.96 Å². The summed E-state index contributed by atoms with van der Waals surface area (Å²) in [6.45, 7) is 8.62. The molecule has 3 atom stereocenters. The molecule has 0 bridgehead atoms. The van der Waals surface area contributed by atoms with Gasteiger partial charge in [-0.25, -0.2) is 0 Å². The molecule has 4 nitrogen and oxygen atoms in total. The Morgan fingerprint density at radius 1 is 1.29 bits per heavy atom. The lowest BCUT2D eigenvalue weighted by atomic mass is 9.87. The third-order valence-corrected chi connectivity index (χ3v) is 4.36. The first-order chi connectivity index (χ1) is 10.2. The summed E-state index contributed by atoms with van der Waals surface area (Å²) in [5.74, 6) is 2.28. The van der Waals surface area contributed by atoms with E-state index in [1.807, 2.05) is 0 Å². The van der Waals surface area contributed by atoms with E-state index in [4.69, 9.17) is 10.1 Å². The Bertz CT molecular complexity index is 288. The lowest BCUT2D eigenvalue weighted by Crippen LogP contribution is -2.45. The van der Waals surface area contributed by atoms with Crippen LogP contribution in [0.1, 0.15) is 65.7 Å². The molecule has 0 radical (unpaired) electrons. The monoisotopic (exact) mass is 297 g/mol. The largest absolute Gasteiger partial charge is 0.396 e. The van der Waals surface area contributed by atoms with E-state index in [0.717, 1.165) is 44.2 Å². The average molecular weight is 297 g/mol. The molecule has 0 aromatic rings. The highest BCUT2D eigenvalue weighted by molar-refractivity contribution is 5.80. The van der Waals surface area contributed by atoms with E-state index in [2.05, 4.69) is 31.4 Å². The molecule has 0 saturated heterocycles. The Hall–Kier alpha value is -0.770. The zero-order valence-corrected chi connectivity index (χ0v) is 14.2. The summed E-state index contributed by atoms with van der Waals surface area (Å²) in [5.41, 5.74) is 0. The topological polar surface area (TPSA) is 56.7 Å². The molecule has 1 aliphatic rings. The Balaban J connectivity index is 2.51. The molecule has 0 aliphatic heterocycles. The van der Waals surface area contributed by atoms with Gasteiger partial charge in [0.25, 0.3) is 0 Å². The predicted octanol–water partition coefficient (Wildman–Crippen LogP) is 2.92. The summed E-state index contributed by atoms with van der Waals surface area (Å²) < 4.78 is 0. The SMILES string of the molecule is CCCC(CCO)CN=C(NCC)NC1CCCC(C)C1. The van der Waals surface area contributed by atoms with E-state index in [1.165, 1.54) is 25.7 Å². The van der Waals surface area contributed by atoms with E-state index < -0.39 is 0 Å². The van der Waals surface area contributed by atoms with Crippen LogP contribution in [0.15, 0.2) is 4.99 Å². The number of rotatable bonds is 8. The van der Waals surface area contributed by atoms with Crippen LogP contribution in [-0.4, -0.2) is 36.8 Å². The fourth-order valence-electron chi connectivity index (χ4n) is 3.22. The van der Waals surface area contributed by atoms with Gasteiger partial charge in [-0.3, -0.25) is 4.99 Å². The van der Waals surface area contributed by atoms with Gasteiger partial charge in [0.05, 0.1) is 0 Å². The number of hydrogen-bond donors (Lipinski definition) is 3. The molecule has 1 saturated carbocycles. The lowest BCUT2D eigenvalue weighted by molar-refractivity contribution is 0.253. The lowest BCUT2D eigenvalue weighted by Gasteiger charge is -2.29. The van der Waals surface area contributed by atoms with Crippen LogP contribution in [0.4, 0.5) is 0 Å². The summed E-state index contributed by atoms with van der Waals surface area (Å²) in [7, 11) is 0. The Morgan fingerprint density at radius 2 is 2.10 bits per heavy atom. The highest BCUT2D eigenvalue weighted by Crippen LogP contribution is 2.23. The van der Waals surface area contributed by atoms with Gasteiger partial charge in [0.2, 0.25) is 0 Å². The third kappa shape index (κ3) is 7.70. The van der Waals surface area contributed by atoms with E-state index in [1.54, 1.807) is 0 Å². The molecular formula is C17H35N3O. The number of hydrogen-bond acceptors (Lipinski definition) is 2. The Morgan fingerprint density at radius 3 is 2.71 bits per heavy atom. The molecule has 124 valence electrons. The van der Waals surface area contributed by atoms with Gasteiger partial charge in [0, 0.05) is 25.7 Å². The minimum Gasteiger partial charge on any atom is -0.396 e. The van der Waals surface area contributed by atoms with Gasteiger partial charge < -0.3 is 15.7 Å². The van der Waals surface area contributed by atoms with Crippen molar-refractivity contribution in [2.45, 2.75) is 71.8 Å². The summed E-state index contributed by atoms with van der Waals surface area (Å²) in [6.07, 6.45) is 8.34. The molecule has 21 heavy (non-hydrogen) atoms. The first-order valence-corrected chi connectivity index (χ1v) is 8.85. The van der Waals surface area contributed by atoms with Crippen LogP contribution in [0.25, 0.3) is 0 Å². The molecular weight excluding hydrogens is 262 g/mol. The van der Waals surface area contributed by atoms with Crippen LogP contribution in [0.2, 0.25) is 0 Å². The Labute approximate surface area is 130 Å². The van der Waals surface area contributed by atoms with E-state index in [9.17, 15) is 0 Å². The first-order valence-electron chi connectivity index (χ1n) is 8.85. The average Bonchev–Trinajstić information content (AvgIpc) is 2.45. The van der Waals surface area contributed by atoms with E-state index in [0.29, 0.717) is 12.0 Å². The number of aliphatic imine (C=N–C) groups is 1. The van der Waals surface area contributed by atoms with Crippen molar-refractivity contribution in [2.24, 2.45) is 16.8 Å². The highest BCUT2D eigenvalue weighted by Gasteiger charge is 2.19. The Kier molecular flexibility index (Phi) is 9.48. The first kappa shape index (κ1) is 18.3. The smallest absolute Gasteiger partial charge is 0.191 e. The maximum atomic E-state index is 9.14. The fraction of sp³-hybridized carbons (Fsp3) is 0.941. The van der Waals surface area contributed by atoms with Gasteiger partial charge in [0.1, 0.15) is 0 Å². The zero-order valence-electron chi connectivity index (χ0n) is 14.2. The van der Waals surface area contributed by atoms with E-state index in [-0.39, 0.29) is 6.61 Å². The second-order valence-corrected chi connectivity index (χ2v) is 6.50. The molecule has 1 fully saturated rings. The standard InChI is InChI=1S/C17H35N3O/c1-4-7-15(10-11-21)13-19-17(18-5-2)20-16-9-6-8-14(3)12-16/h14-16,21H,4-13H2,1-3H3,(H2,18,19,20). The third-order valence-electron chi connectivity index (χ3n) is 4.36. The van der Waals surface area contributed by atoms with Crippen molar-refractivity contribution in [3.8, 4) is 0 Å². The molecule has 0 heterocycles. The summed E-state index contributed by atoms with van der Waals surface area (Å²) in [4.78, 5) is 4.75. The number of nitrogens with one attached hydrogen (secondary N) is 2. The normalized spacial score (nSPS) is 24.7. The molecule has 3 N–H and O–H groups in total. The summed E-state index contributed by atoms with van der Waals surface area (Å²) >= 11 is 0. The number of guanidine groups is 1. The summed E-state index contributed by atoms with van der Waals surface area (Å²) in [5, 5.41) is 16.1. The maximum Gasteiger partial charge on any atom is 0.191 e. The van der Waals surface area contributed by atoms with Gasteiger partial charge in [-0.2, -0.15) is 0 Å². The second kappa shape index (κ2) is 10.9. The zero-order chi connectivity index (χ0) is 15.5. The van der Waals surface area contributed by atoms with Crippen molar-refractivity contribution in [1.82, 2.24) is 10.6 Å². The quantitative estimate of drug-likeness (QED) is 0.477. The molecule has 0 aromatic carbocycles. The second-order valence-electron chi connectivity index (χ2n) is 6.50. The minimum absolute atomic E-state index is 0.268. The number of aliphatic hydroxyl groups is 1. The molecule has 0 spiro atoms. The van der Waals surface area contributed by atoms with Crippen LogP contribution in [0.3, 0.4) is 0 Å². The molecule has 0 amide bonds. The number of aliphatic hydroxyl groups excluding tert-OH is 1. The van der Waals surface area contributed by atoms with Crippen molar-refractivity contribution in [3.63, 3.8) is 0 Å². The highest BCUT2D eigenvalue weighted by atomic mass is 16.3. The molecule has 1 rings (SSSR count). The van der Waals surface area contributed by atoms with Gasteiger partial charge >= 0.3 is 0 Å². The minimum atomic E-state index is 0.268. The molecule has 1 aliphatic carbocycles. The predicted molar refractivity (Wildman–Crippen MR) is 90.6 cm³/mol. The van der Waals surface area contributed by atoms with Crippen LogP contribution in [0, 0.1) is 11.8 Å². The van der Waals surface area contributed by atoms with Crippen LogP contribution < -0.4 is 10.6 Å². The van der Waals surface area contributed by atoms with E-state index >= 15 is 0 Å². The maximum absolute atomic E-state index is 9.14.